The number of halogens is 2. The Balaban J connectivity index is 1.80. The van der Waals surface area contributed by atoms with Crippen LogP contribution in [0.4, 0.5) is 31.9 Å². The molecule has 0 aliphatic carbocycles. The zero-order valence-electron chi connectivity index (χ0n) is 14.0. The van der Waals surface area contributed by atoms with Crippen molar-refractivity contribution in [3.63, 3.8) is 0 Å². The molecule has 0 amide bonds. The maximum Gasteiger partial charge on any atom is 0.249 e. The lowest BCUT2D eigenvalue weighted by atomic mass is 10.2. The van der Waals surface area contributed by atoms with Crippen molar-refractivity contribution >= 4 is 23.1 Å². The summed E-state index contributed by atoms with van der Waals surface area (Å²) in [5, 5.41) is 13.5. The van der Waals surface area contributed by atoms with Crippen LogP contribution in [0.25, 0.3) is 0 Å². The van der Waals surface area contributed by atoms with Gasteiger partial charge in [0.1, 0.15) is 11.5 Å². The van der Waals surface area contributed by atoms with E-state index in [4.69, 9.17) is 9.47 Å². The summed E-state index contributed by atoms with van der Waals surface area (Å²) in [7, 11) is 3.09. The van der Waals surface area contributed by atoms with E-state index in [2.05, 4.69) is 25.8 Å². The molecular weight excluding hydrogens is 344 g/mol. The molecule has 0 unspecified atom stereocenters. The smallest absolute Gasteiger partial charge is 0.249 e. The quantitative estimate of drug-likeness (QED) is 0.695. The summed E-state index contributed by atoms with van der Waals surface area (Å²) in [6, 6.07) is 8.64. The normalized spacial score (nSPS) is 10.3. The summed E-state index contributed by atoms with van der Waals surface area (Å²) in [5.74, 6) is -0.210. The zero-order valence-corrected chi connectivity index (χ0v) is 14.0. The van der Waals surface area contributed by atoms with E-state index in [0.717, 1.165) is 12.1 Å². The summed E-state index contributed by atoms with van der Waals surface area (Å²) < 4.78 is 36.7. The van der Waals surface area contributed by atoms with Crippen LogP contribution < -0.4 is 20.1 Å². The van der Waals surface area contributed by atoms with Crippen LogP contribution in [0.3, 0.4) is 0 Å². The van der Waals surface area contributed by atoms with Gasteiger partial charge in [-0.25, -0.2) is 8.78 Å². The fraction of sp³-hybridized carbons (Fsp3) is 0.118. The summed E-state index contributed by atoms with van der Waals surface area (Å²) >= 11 is 0. The highest BCUT2D eigenvalue weighted by atomic mass is 19.2. The molecule has 1 heterocycles. The lowest BCUT2D eigenvalue weighted by Crippen LogP contribution is -2.03. The molecule has 2 aromatic carbocycles. The van der Waals surface area contributed by atoms with Crippen molar-refractivity contribution in [2.75, 3.05) is 24.9 Å². The molecule has 1 aromatic heterocycles. The zero-order chi connectivity index (χ0) is 18.5. The van der Waals surface area contributed by atoms with Crippen LogP contribution in [-0.4, -0.2) is 29.4 Å². The number of rotatable bonds is 6. The first kappa shape index (κ1) is 17.3. The van der Waals surface area contributed by atoms with Crippen LogP contribution in [0, 0.1) is 11.6 Å². The molecule has 0 saturated heterocycles. The molecule has 0 saturated carbocycles. The third-order valence-electron chi connectivity index (χ3n) is 3.41. The van der Waals surface area contributed by atoms with Gasteiger partial charge in [-0.1, -0.05) is 0 Å². The van der Waals surface area contributed by atoms with Gasteiger partial charge < -0.3 is 20.1 Å². The first-order valence-corrected chi connectivity index (χ1v) is 7.50. The Bertz CT molecular complexity index is 923. The number of benzene rings is 2. The van der Waals surface area contributed by atoms with Crippen LogP contribution in [0.2, 0.25) is 0 Å². The van der Waals surface area contributed by atoms with E-state index in [1.165, 1.54) is 19.4 Å². The molecule has 0 spiro atoms. The lowest BCUT2D eigenvalue weighted by Gasteiger charge is -2.12. The molecule has 0 aliphatic heterocycles. The average Bonchev–Trinajstić information content (AvgIpc) is 2.65. The molecule has 26 heavy (non-hydrogen) atoms. The largest absolute Gasteiger partial charge is 0.497 e. The molecule has 2 N–H and O–H groups in total. The predicted molar refractivity (Wildman–Crippen MR) is 92.3 cm³/mol. The van der Waals surface area contributed by atoms with E-state index in [-0.39, 0.29) is 5.95 Å². The molecule has 0 fully saturated rings. The van der Waals surface area contributed by atoms with Gasteiger partial charge >= 0.3 is 0 Å². The van der Waals surface area contributed by atoms with E-state index < -0.39 is 11.6 Å². The van der Waals surface area contributed by atoms with Crippen LogP contribution in [0.15, 0.2) is 42.6 Å². The number of aromatic nitrogens is 3. The van der Waals surface area contributed by atoms with Crippen molar-refractivity contribution in [2.45, 2.75) is 0 Å². The van der Waals surface area contributed by atoms with Gasteiger partial charge in [-0.05, 0) is 24.3 Å². The summed E-state index contributed by atoms with van der Waals surface area (Å²) in [6.45, 7) is 0. The summed E-state index contributed by atoms with van der Waals surface area (Å²) in [6.07, 6.45) is 1.36. The van der Waals surface area contributed by atoms with Crippen LogP contribution in [0.5, 0.6) is 11.5 Å². The van der Waals surface area contributed by atoms with Crippen molar-refractivity contribution < 1.29 is 18.3 Å². The van der Waals surface area contributed by atoms with E-state index >= 15 is 0 Å². The Morgan fingerprint density at radius 3 is 2.50 bits per heavy atom. The molecular formula is C17H15F2N5O2. The monoisotopic (exact) mass is 359 g/mol. The van der Waals surface area contributed by atoms with Gasteiger partial charge in [-0.3, -0.25) is 0 Å². The summed E-state index contributed by atoms with van der Waals surface area (Å²) in [5.41, 5.74) is 0.942. The fourth-order valence-corrected chi connectivity index (χ4v) is 2.16. The van der Waals surface area contributed by atoms with E-state index in [9.17, 15) is 8.78 Å². The topological polar surface area (TPSA) is 81.2 Å². The molecule has 3 aromatic rings. The molecule has 0 atom stereocenters. The number of hydrogen-bond donors (Lipinski definition) is 2. The Hall–Kier alpha value is -3.49. The molecule has 0 aliphatic rings. The molecule has 9 heteroatoms. The van der Waals surface area contributed by atoms with Gasteiger partial charge in [0.15, 0.2) is 17.5 Å². The Morgan fingerprint density at radius 1 is 0.923 bits per heavy atom. The minimum atomic E-state index is -0.960. The van der Waals surface area contributed by atoms with Crippen molar-refractivity contribution in [2.24, 2.45) is 0 Å². The Labute approximate surface area is 148 Å². The van der Waals surface area contributed by atoms with Gasteiger partial charge in [-0.2, -0.15) is 10.1 Å². The number of methoxy groups -OCH3 is 2. The second-order valence-corrected chi connectivity index (χ2v) is 5.11. The highest BCUT2D eigenvalue weighted by molar-refractivity contribution is 5.65. The minimum Gasteiger partial charge on any atom is -0.497 e. The number of nitrogens with one attached hydrogen (secondary N) is 2. The molecule has 134 valence electrons. The first-order valence-electron chi connectivity index (χ1n) is 7.50. The lowest BCUT2D eigenvalue weighted by molar-refractivity contribution is 0.395. The molecule has 7 nitrogen and oxygen atoms in total. The van der Waals surface area contributed by atoms with Gasteiger partial charge in [0.2, 0.25) is 5.95 Å². The highest BCUT2D eigenvalue weighted by Gasteiger charge is 2.09. The third kappa shape index (κ3) is 3.94. The van der Waals surface area contributed by atoms with Crippen LogP contribution in [0.1, 0.15) is 0 Å². The Morgan fingerprint density at radius 2 is 1.77 bits per heavy atom. The maximum absolute atomic E-state index is 13.3. The highest BCUT2D eigenvalue weighted by Crippen LogP contribution is 2.30. The SMILES string of the molecule is COc1ccc(Nc2nncc(Nc3ccc(F)c(F)c3)n2)c(OC)c1. The number of anilines is 4. The predicted octanol–water partition coefficient (Wildman–Crippen LogP) is 3.65. The molecule has 3 rings (SSSR count). The first-order chi connectivity index (χ1) is 12.6. The maximum atomic E-state index is 13.3. The van der Waals surface area contributed by atoms with Crippen molar-refractivity contribution in [1.82, 2.24) is 15.2 Å². The van der Waals surface area contributed by atoms with E-state index in [1.54, 1.807) is 25.3 Å². The minimum absolute atomic E-state index is 0.195. The van der Waals surface area contributed by atoms with Crippen LogP contribution in [-0.2, 0) is 0 Å². The van der Waals surface area contributed by atoms with Gasteiger partial charge in [-0.15, -0.1) is 5.10 Å². The van der Waals surface area contributed by atoms with Crippen molar-refractivity contribution in [3.05, 3.63) is 54.2 Å². The van der Waals surface area contributed by atoms with Gasteiger partial charge in [0.25, 0.3) is 0 Å². The standard InChI is InChI=1S/C17H15F2N5O2/c1-25-11-4-6-14(15(8-11)26-2)22-17-23-16(9-20-24-17)21-10-3-5-12(18)13(19)7-10/h3-9H,1-2H3,(H2,21,22,23,24). The molecule has 0 bridgehead atoms. The van der Waals surface area contributed by atoms with Crippen molar-refractivity contribution in [1.29, 1.82) is 0 Å². The van der Waals surface area contributed by atoms with Gasteiger partial charge in [0, 0.05) is 17.8 Å². The average molecular weight is 359 g/mol. The van der Waals surface area contributed by atoms with Gasteiger partial charge in [0.05, 0.1) is 26.1 Å². The van der Waals surface area contributed by atoms with E-state index in [1.807, 2.05) is 0 Å². The molecule has 0 radical (unpaired) electrons. The number of ether oxygens (including phenoxy) is 2. The number of hydrogen-bond acceptors (Lipinski definition) is 7. The summed E-state index contributed by atoms with van der Waals surface area (Å²) in [4.78, 5) is 4.23. The Kier molecular flexibility index (Phi) is 5.07. The third-order valence-corrected chi connectivity index (χ3v) is 3.41. The number of nitrogens with zero attached hydrogens (tertiary/aromatic N) is 3. The fourth-order valence-electron chi connectivity index (χ4n) is 2.16. The van der Waals surface area contributed by atoms with Crippen LogP contribution >= 0.6 is 0 Å². The second kappa shape index (κ2) is 7.60. The second-order valence-electron chi connectivity index (χ2n) is 5.11. The van der Waals surface area contributed by atoms with Crippen molar-refractivity contribution in [3.8, 4) is 11.5 Å². The van der Waals surface area contributed by atoms with E-state index in [0.29, 0.717) is 28.7 Å².